The summed E-state index contributed by atoms with van der Waals surface area (Å²) < 4.78 is 31.8. The van der Waals surface area contributed by atoms with Gasteiger partial charge in [-0.25, -0.2) is 4.39 Å². The summed E-state index contributed by atoms with van der Waals surface area (Å²) in [6.45, 7) is 0.173. The molecule has 2 aliphatic heterocycles. The molecule has 1 fully saturated rings. The molecular formula is C30H28FN5O6. The molecule has 4 aromatic rings. The van der Waals surface area contributed by atoms with Crippen LogP contribution in [-0.4, -0.2) is 71.8 Å². The largest absolute Gasteiger partial charge is 0.493 e. The van der Waals surface area contributed by atoms with Crippen molar-refractivity contribution in [1.29, 1.82) is 0 Å². The van der Waals surface area contributed by atoms with Gasteiger partial charge in [0.15, 0.2) is 23.8 Å². The predicted octanol–water partition coefficient (Wildman–Crippen LogP) is 2.81. The summed E-state index contributed by atoms with van der Waals surface area (Å²) >= 11 is 0. The number of nitrogens with zero attached hydrogens (tertiary/aromatic N) is 2. The first-order chi connectivity index (χ1) is 20.4. The molecule has 3 amide bonds. The third-order valence-electron chi connectivity index (χ3n) is 7.32. The lowest BCUT2D eigenvalue weighted by molar-refractivity contribution is -0.123. The van der Waals surface area contributed by atoms with Crippen LogP contribution >= 0.6 is 0 Å². The zero-order chi connectivity index (χ0) is 29.2. The van der Waals surface area contributed by atoms with Crippen LogP contribution in [-0.2, 0) is 11.3 Å². The van der Waals surface area contributed by atoms with Gasteiger partial charge < -0.3 is 29.7 Å². The zero-order valence-electron chi connectivity index (χ0n) is 22.7. The van der Waals surface area contributed by atoms with Gasteiger partial charge in [-0.15, -0.1) is 0 Å². The lowest BCUT2D eigenvalue weighted by Crippen LogP contribution is -2.58. The first kappa shape index (κ1) is 27.1. The highest BCUT2D eigenvalue weighted by molar-refractivity contribution is 6.04. The van der Waals surface area contributed by atoms with E-state index in [1.807, 2.05) is 24.3 Å². The van der Waals surface area contributed by atoms with Gasteiger partial charge in [-0.05, 0) is 42.0 Å². The number of aromatic nitrogens is 2. The van der Waals surface area contributed by atoms with Crippen LogP contribution in [0.3, 0.4) is 0 Å². The number of piperidine rings is 1. The second-order valence-corrected chi connectivity index (χ2v) is 10.1. The van der Waals surface area contributed by atoms with Gasteiger partial charge in [0.25, 0.3) is 17.7 Å². The summed E-state index contributed by atoms with van der Waals surface area (Å²) in [7, 11) is 1.45. The molecule has 12 heteroatoms. The van der Waals surface area contributed by atoms with Gasteiger partial charge in [0.1, 0.15) is 17.7 Å². The summed E-state index contributed by atoms with van der Waals surface area (Å²) in [5, 5.41) is 13.5. The van der Waals surface area contributed by atoms with Crippen LogP contribution in [0.15, 0.2) is 60.7 Å². The number of benzene rings is 3. The molecule has 3 heterocycles. The number of nitrogens with one attached hydrogen (secondary N) is 3. The molecule has 3 N–H and O–H groups in total. The highest BCUT2D eigenvalue weighted by Crippen LogP contribution is 2.29. The average molecular weight is 574 g/mol. The number of hydrogen-bond acceptors (Lipinski definition) is 7. The lowest BCUT2D eigenvalue weighted by atomic mass is 10.00. The Morgan fingerprint density at radius 2 is 1.98 bits per heavy atom. The summed E-state index contributed by atoms with van der Waals surface area (Å²) in [4.78, 5) is 41.1. The van der Waals surface area contributed by atoms with Crippen molar-refractivity contribution in [1.82, 2.24) is 25.7 Å². The lowest BCUT2D eigenvalue weighted by Gasteiger charge is -2.38. The van der Waals surface area contributed by atoms with Gasteiger partial charge >= 0.3 is 0 Å². The fourth-order valence-electron chi connectivity index (χ4n) is 5.21. The predicted molar refractivity (Wildman–Crippen MR) is 149 cm³/mol. The third-order valence-corrected chi connectivity index (χ3v) is 7.32. The van der Waals surface area contributed by atoms with Gasteiger partial charge in [-0.3, -0.25) is 19.5 Å². The van der Waals surface area contributed by atoms with Gasteiger partial charge in [-0.2, -0.15) is 5.10 Å². The molecule has 1 aromatic heterocycles. The third kappa shape index (κ3) is 5.55. The maximum absolute atomic E-state index is 14.5. The van der Waals surface area contributed by atoms with E-state index in [2.05, 4.69) is 20.8 Å². The van der Waals surface area contributed by atoms with E-state index in [0.717, 1.165) is 5.52 Å². The Morgan fingerprint density at radius 1 is 1.12 bits per heavy atom. The average Bonchev–Trinajstić information content (AvgIpc) is 3.43. The maximum Gasteiger partial charge on any atom is 0.275 e. The van der Waals surface area contributed by atoms with Gasteiger partial charge in [0.05, 0.1) is 18.7 Å². The number of para-hydroxylation sites is 1. The standard InChI is InChI=1S/C30H28FN5O6/c1-40-25-7-6-18-12-26(25)41-16-27(37)32-14-17-10-19(31)13-20(11-17)42-24-8-9-36(15-23(24)33-29(18)38)30(39)28-21-4-2-3-5-22(21)34-35-28/h2-7,10-13,23-24H,8-9,14-16H2,1H3,(H,32,37)(H,33,38)(H,34,35)/t23-,24+/m0/s1. The smallest absolute Gasteiger partial charge is 0.275 e. The van der Waals surface area contributed by atoms with E-state index in [0.29, 0.717) is 35.4 Å². The van der Waals surface area contributed by atoms with E-state index in [4.69, 9.17) is 14.2 Å². The monoisotopic (exact) mass is 573 g/mol. The van der Waals surface area contributed by atoms with Gasteiger partial charge in [-0.1, -0.05) is 18.2 Å². The van der Waals surface area contributed by atoms with Crippen LogP contribution in [0.1, 0.15) is 32.8 Å². The molecule has 4 bridgehead atoms. The molecule has 0 spiro atoms. The number of amides is 3. The molecule has 3 aromatic carbocycles. The van der Waals surface area contributed by atoms with Crippen LogP contribution < -0.4 is 24.8 Å². The van der Waals surface area contributed by atoms with Crippen molar-refractivity contribution < 1.29 is 33.0 Å². The number of carbonyl (C=O) groups is 3. The van der Waals surface area contributed by atoms with Crippen LogP contribution in [0.4, 0.5) is 4.39 Å². The number of halogens is 1. The van der Waals surface area contributed by atoms with E-state index in [1.54, 1.807) is 23.1 Å². The Hall–Kier alpha value is -5.13. The summed E-state index contributed by atoms with van der Waals surface area (Å²) in [6, 6.07) is 15.5. The molecule has 2 aliphatic rings. The van der Waals surface area contributed by atoms with Crippen molar-refractivity contribution in [3.8, 4) is 17.2 Å². The minimum Gasteiger partial charge on any atom is -0.493 e. The van der Waals surface area contributed by atoms with Gasteiger partial charge in [0, 0.05) is 43.1 Å². The molecule has 0 saturated carbocycles. The van der Waals surface area contributed by atoms with Crippen molar-refractivity contribution in [2.45, 2.75) is 25.1 Å². The van der Waals surface area contributed by atoms with Crippen molar-refractivity contribution >= 4 is 28.6 Å². The highest BCUT2D eigenvalue weighted by Gasteiger charge is 2.36. The number of aromatic amines is 1. The quantitative estimate of drug-likeness (QED) is 0.336. The molecular weight excluding hydrogens is 545 g/mol. The highest BCUT2D eigenvalue weighted by atomic mass is 19.1. The number of ether oxygens (including phenoxy) is 3. The van der Waals surface area contributed by atoms with Crippen molar-refractivity contribution in [3.05, 3.63) is 83.3 Å². The number of fused-ring (bicyclic) bond motifs is 6. The molecule has 42 heavy (non-hydrogen) atoms. The van der Waals surface area contributed by atoms with E-state index >= 15 is 0 Å². The van der Waals surface area contributed by atoms with E-state index < -0.39 is 29.8 Å². The zero-order valence-corrected chi connectivity index (χ0v) is 22.7. The molecule has 0 aliphatic carbocycles. The van der Waals surface area contributed by atoms with Crippen molar-refractivity contribution in [2.75, 3.05) is 26.8 Å². The van der Waals surface area contributed by atoms with Crippen molar-refractivity contribution in [2.24, 2.45) is 0 Å². The normalized spacial score (nSPS) is 19.1. The second-order valence-electron chi connectivity index (χ2n) is 10.1. The first-order valence-corrected chi connectivity index (χ1v) is 13.4. The Balaban J connectivity index is 1.32. The fourth-order valence-corrected chi connectivity index (χ4v) is 5.21. The van der Waals surface area contributed by atoms with Crippen LogP contribution in [0.5, 0.6) is 17.2 Å². The van der Waals surface area contributed by atoms with E-state index in [1.165, 1.54) is 25.3 Å². The molecule has 0 unspecified atom stereocenters. The molecule has 6 rings (SSSR count). The van der Waals surface area contributed by atoms with Gasteiger partial charge in [0.2, 0.25) is 0 Å². The topological polar surface area (TPSA) is 135 Å². The van der Waals surface area contributed by atoms with Crippen LogP contribution in [0, 0.1) is 5.82 Å². The first-order valence-electron chi connectivity index (χ1n) is 13.4. The summed E-state index contributed by atoms with van der Waals surface area (Å²) in [6.07, 6.45) is -0.224. The minimum atomic E-state index is -0.647. The molecule has 1 saturated heterocycles. The van der Waals surface area contributed by atoms with Crippen LogP contribution in [0.2, 0.25) is 0 Å². The number of likely N-dealkylation sites (tertiary alicyclic amines) is 1. The van der Waals surface area contributed by atoms with Crippen LogP contribution in [0.25, 0.3) is 10.9 Å². The Kier molecular flexibility index (Phi) is 7.34. The number of hydrogen-bond donors (Lipinski definition) is 3. The Labute approximate surface area is 239 Å². The fraction of sp³-hybridized carbons (Fsp3) is 0.267. The van der Waals surface area contributed by atoms with E-state index in [-0.39, 0.29) is 42.7 Å². The number of carbonyl (C=O) groups excluding carboxylic acids is 3. The number of rotatable bonds is 2. The Bertz CT molecular complexity index is 1670. The molecule has 2 atom stereocenters. The Morgan fingerprint density at radius 3 is 2.83 bits per heavy atom. The SMILES string of the molecule is COc1ccc2cc1OCC(=O)NCc1cc(F)cc(c1)O[C@@H]1CCN(C(=O)c3n[nH]c4ccccc34)C[C@@H]1NC2=O. The minimum absolute atomic E-state index is 0.0538. The number of methoxy groups -OCH3 is 1. The second kappa shape index (κ2) is 11.4. The molecule has 0 radical (unpaired) electrons. The number of H-pyrrole nitrogens is 1. The maximum atomic E-state index is 14.5. The molecule has 216 valence electrons. The summed E-state index contributed by atoms with van der Waals surface area (Å²) in [5.74, 6) is -0.902. The van der Waals surface area contributed by atoms with Crippen molar-refractivity contribution in [3.63, 3.8) is 0 Å². The summed E-state index contributed by atoms with van der Waals surface area (Å²) in [5.41, 5.74) is 1.78. The van der Waals surface area contributed by atoms with E-state index in [9.17, 15) is 18.8 Å². The molecule has 11 nitrogen and oxygen atoms in total.